The second-order valence-electron chi connectivity index (χ2n) is 5.18. The average molecular weight is 226 g/mol. The zero-order valence-electron chi connectivity index (χ0n) is 9.77. The van der Waals surface area contributed by atoms with Crippen LogP contribution in [0.1, 0.15) is 32.1 Å². The summed E-state index contributed by atoms with van der Waals surface area (Å²) < 4.78 is 0. The van der Waals surface area contributed by atoms with Crippen LogP contribution in [-0.4, -0.2) is 41.7 Å². The number of nitrogens with two attached hydrogens (primary N) is 1. The molecule has 4 heteroatoms. The van der Waals surface area contributed by atoms with Crippen LogP contribution >= 0.6 is 0 Å². The number of hydrogen-bond acceptors (Lipinski definition) is 3. The average Bonchev–Trinajstić information content (AvgIpc) is 2.74. The van der Waals surface area contributed by atoms with Gasteiger partial charge in [-0.1, -0.05) is 6.42 Å². The fraction of sp³-hybridized carbons (Fsp3) is 0.917. The number of nitrogens with zero attached hydrogens (tertiary/aromatic N) is 1. The van der Waals surface area contributed by atoms with Gasteiger partial charge in [-0.3, -0.25) is 4.79 Å². The summed E-state index contributed by atoms with van der Waals surface area (Å²) in [5, 5.41) is 9.15. The summed E-state index contributed by atoms with van der Waals surface area (Å²) in [5.41, 5.74) is 5.96. The van der Waals surface area contributed by atoms with Crippen molar-refractivity contribution < 1.29 is 9.90 Å². The lowest BCUT2D eigenvalue weighted by Gasteiger charge is -2.34. The van der Waals surface area contributed by atoms with Crippen LogP contribution in [0, 0.1) is 11.8 Å². The lowest BCUT2D eigenvalue weighted by Crippen LogP contribution is -2.46. The Morgan fingerprint density at radius 2 is 2.12 bits per heavy atom. The number of rotatable bonds is 2. The second kappa shape index (κ2) is 5.15. The van der Waals surface area contributed by atoms with Gasteiger partial charge in [0.05, 0.1) is 5.92 Å². The molecule has 0 spiro atoms. The van der Waals surface area contributed by atoms with Gasteiger partial charge in [-0.25, -0.2) is 0 Å². The van der Waals surface area contributed by atoms with Gasteiger partial charge in [-0.2, -0.15) is 0 Å². The summed E-state index contributed by atoms with van der Waals surface area (Å²) >= 11 is 0. The highest BCUT2D eigenvalue weighted by molar-refractivity contribution is 5.80. The Bertz CT molecular complexity index is 257. The standard InChI is InChI=1S/C12H22N2O2/c13-11-5-1-4-10(11)12(16)14-6-2-3-9(7-14)8-15/h9-11,15H,1-8,13H2. The van der Waals surface area contributed by atoms with E-state index in [9.17, 15) is 4.79 Å². The third kappa shape index (κ3) is 2.38. The molecular weight excluding hydrogens is 204 g/mol. The number of amides is 1. The van der Waals surface area contributed by atoms with Crippen molar-refractivity contribution in [3.05, 3.63) is 0 Å². The number of hydrogen-bond donors (Lipinski definition) is 2. The Morgan fingerprint density at radius 1 is 1.31 bits per heavy atom. The van der Waals surface area contributed by atoms with E-state index < -0.39 is 0 Å². The molecule has 3 atom stereocenters. The highest BCUT2D eigenvalue weighted by Crippen LogP contribution is 2.27. The normalized spacial score (nSPS) is 35.4. The summed E-state index contributed by atoms with van der Waals surface area (Å²) in [4.78, 5) is 14.2. The predicted molar refractivity (Wildman–Crippen MR) is 61.7 cm³/mol. The van der Waals surface area contributed by atoms with Crippen LogP contribution in [-0.2, 0) is 4.79 Å². The number of aliphatic hydroxyl groups is 1. The maximum absolute atomic E-state index is 12.2. The summed E-state index contributed by atoms with van der Waals surface area (Å²) in [5.74, 6) is 0.538. The Hall–Kier alpha value is -0.610. The number of aliphatic hydroxyl groups excluding tert-OH is 1. The molecule has 1 aliphatic carbocycles. The van der Waals surface area contributed by atoms with Gasteiger partial charge in [0.1, 0.15) is 0 Å². The van der Waals surface area contributed by atoms with Gasteiger partial charge >= 0.3 is 0 Å². The SMILES string of the molecule is NC1CCCC1C(=O)N1CCCC(CO)C1. The fourth-order valence-electron chi connectivity index (χ4n) is 2.94. The van der Waals surface area contributed by atoms with Crippen molar-refractivity contribution in [3.8, 4) is 0 Å². The number of carbonyl (C=O) groups excluding carboxylic acids is 1. The molecule has 4 nitrogen and oxygen atoms in total. The first-order valence-corrected chi connectivity index (χ1v) is 6.37. The zero-order valence-corrected chi connectivity index (χ0v) is 9.77. The quantitative estimate of drug-likeness (QED) is 0.714. The van der Waals surface area contributed by atoms with Crippen molar-refractivity contribution >= 4 is 5.91 Å². The summed E-state index contributed by atoms with van der Waals surface area (Å²) in [6, 6.07) is 0.0574. The summed E-state index contributed by atoms with van der Waals surface area (Å²) in [6.07, 6.45) is 5.05. The minimum atomic E-state index is 0.0393. The molecule has 92 valence electrons. The molecule has 1 saturated heterocycles. The minimum absolute atomic E-state index is 0.0393. The highest BCUT2D eigenvalue weighted by Gasteiger charge is 2.34. The number of likely N-dealkylation sites (tertiary alicyclic amines) is 1. The van der Waals surface area contributed by atoms with Gasteiger partial charge in [0.25, 0.3) is 0 Å². The molecular formula is C12H22N2O2. The molecule has 1 amide bonds. The van der Waals surface area contributed by atoms with Crippen LogP contribution < -0.4 is 5.73 Å². The van der Waals surface area contributed by atoms with Crippen LogP contribution in [0.25, 0.3) is 0 Å². The molecule has 3 unspecified atom stereocenters. The maximum Gasteiger partial charge on any atom is 0.227 e. The van der Waals surface area contributed by atoms with E-state index >= 15 is 0 Å². The first-order chi connectivity index (χ1) is 7.72. The number of piperidine rings is 1. The smallest absolute Gasteiger partial charge is 0.227 e. The molecule has 3 N–H and O–H groups in total. The molecule has 0 radical (unpaired) electrons. The van der Waals surface area contributed by atoms with Crippen LogP contribution in [0.4, 0.5) is 0 Å². The summed E-state index contributed by atoms with van der Waals surface area (Å²) in [7, 11) is 0. The van der Waals surface area contributed by atoms with Gasteiger partial charge in [-0.05, 0) is 31.6 Å². The lowest BCUT2D eigenvalue weighted by atomic mass is 9.96. The Balaban J connectivity index is 1.93. The van der Waals surface area contributed by atoms with E-state index in [1.54, 1.807) is 0 Å². The molecule has 1 saturated carbocycles. The first kappa shape index (κ1) is 11.9. The molecule has 0 aromatic carbocycles. The highest BCUT2D eigenvalue weighted by atomic mass is 16.3. The van der Waals surface area contributed by atoms with Gasteiger partial charge < -0.3 is 15.7 Å². The molecule has 2 rings (SSSR count). The van der Waals surface area contributed by atoms with Crippen molar-refractivity contribution in [1.82, 2.24) is 4.90 Å². The van der Waals surface area contributed by atoms with E-state index in [-0.39, 0.29) is 30.4 Å². The third-order valence-corrected chi connectivity index (χ3v) is 3.98. The molecule has 1 aliphatic heterocycles. The molecule has 2 fully saturated rings. The van der Waals surface area contributed by atoms with Gasteiger partial charge in [0.2, 0.25) is 5.91 Å². The van der Waals surface area contributed by atoms with Crippen LogP contribution in [0.2, 0.25) is 0 Å². The predicted octanol–water partition coefficient (Wildman–Crippen LogP) is 0.345. The third-order valence-electron chi connectivity index (χ3n) is 3.98. The van der Waals surface area contributed by atoms with E-state index in [0.717, 1.165) is 45.2 Å². The molecule has 0 aromatic rings. The van der Waals surface area contributed by atoms with E-state index in [4.69, 9.17) is 10.8 Å². The lowest BCUT2D eigenvalue weighted by molar-refractivity contribution is -0.137. The van der Waals surface area contributed by atoms with Crippen LogP contribution in [0.5, 0.6) is 0 Å². The van der Waals surface area contributed by atoms with Crippen molar-refractivity contribution in [2.45, 2.75) is 38.1 Å². The van der Waals surface area contributed by atoms with Crippen LogP contribution in [0.15, 0.2) is 0 Å². The Labute approximate surface area is 96.8 Å². The minimum Gasteiger partial charge on any atom is -0.396 e. The molecule has 16 heavy (non-hydrogen) atoms. The monoisotopic (exact) mass is 226 g/mol. The Kier molecular flexibility index (Phi) is 3.82. The van der Waals surface area contributed by atoms with E-state index in [0.29, 0.717) is 0 Å². The van der Waals surface area contributed by atoms with E-state index in [2.05, 4.69) is 0 Å². The number of carbonyl (C=O) groups is 1. The topological polar surface area (TPSA) is 66.6 Å². The Morgan fingerprint density at radius 3 is 2.75 bits per heavy atom. The first-order valence-electron chi connectivity index (χ1n) is 6.37. The molecule has 0 bridgehead atoms. The molecule has 1 heterocycles. The van der Waals surface area contributed by atoms with Gasteiger partial charge in [0, 0.05) is 25.7 Å². The van der Waals surface area contributed by atoms with Crippen LogP contribution in [0.3, 0.4) is 0 Å². The zero-order chi connectivity index (χ0) is 11.5. The fourth-order valence-corrected chi connectivity index (χ4v) is 2.94. The van der Waals surface area contributed by atoms with Crippen molar-refractivity contribution in [1.29, 1.82) is 0 Å². The van der Waals surface area contributed by atoms with Crippen molar-refractivity contribution in [2.75, 3.05) is 19.7 Å². The van der Waals surface area contributed by atoms with E-state index in [1.807, 2.05) is 4.90 Å². The summed E-state index contributed by atoms with van der Waals surface area (Å²) in [6.45, 7) is 1.76. The second-order valence-corrected chi connectivity index (χ2v) is 5.18. The van der Waals surface area contributed by atoms with E-state index in [1.165, 1.54) is 0 Å². The van der Waals surface area contributed by atoms with Crippen molar-refractivity contribution in [3.63, 3.8) is 0 Å². The van der Waals surface area contributed by atoms with Crippen molar-refractivity contribution in [2.24, 2.45) is 17.6 Å². The van der Waals surface area contributed by atoms with Gasteiger partial charge in [0.15, 0.2) is 0 Å². The van der Waals surface area contributed by atoms with Gasteiger partial charge in [-0.15, -0.1) is 0 Å². The molecule has 0 aromatic heterocycles. The maximum atomic E-state index is 12.2. The largest absolute Gasteiger partial charge is 0.396 e. The molecule has 2 aliphatic rings.